The minimum Gasteiger partial charge on any atom is -0.495 e. The molecule has 7 nitrogen and oxygen atoms in total. The number of aryl methyl sites for hydroxylation is 2. The molecule has 0 fully saturated rings. The van der Waals surface area contributed by atoms with Crippen molar-refractivity contribution in [1.29, 1.82) is 0 Å². The highest BCUT2D eigenvalue weighted by molar-refractivity contribution is 6.32. The second kappa shape index (κ2) is 7.88. The van der Waals surface area contributed by atoms with Crippen molar-refractivity contribution in [3.8, 4) is 5.75 Å². The first kappa shape index (κ1) is 18.4. The van der Waals surface area contributed by atoms with Gasteiger partial charge in [0.05, 0.1) is 17.8 Å². The number of halogens is 1. The molecule has 0 aliphatic rings. The maximum absolute atomic E-state index is 11.4. The van der Waals surface area contributed by atoms with Gasteiger partial charge in [-0.05, 0) is 24.1 Å². The number of nitrogens with one attached hydrogen (secondary N) is 1. The van der Waals surface area contributed by atoms with Crippen LogP contribution in [0.1, 0.15) is 30.4 Å². The summed E-state index contributed by atoms with van der Waals surface area (Å²) >= 11 is 6.18. The van der Waals surface area contributed by atoms with E-state index in [2.05, 4.69) is 27.3 Å². The predicted octanol–water partition coefficient (Wildman–Crippen LogP) is 3.52. The molecule has 0 amide bonds. The van der Waals surface area contributed by atoms with Crippen LogP contribution in [0.15, 0.2) is 18.2 Å². The number of benzene rings is 1. The molecule has 1 aromatic carbocycles. The van der Waals surface area contributed by atoms with Gasteiger partial charge in [-0.2, -0.15) is 5.10 Å². The van der Waals surface area contributed by atoms with Crippen LogP contribution < -0.4 is 10.1 Å². The third kappa shape index (κ3) is 3.59. The molecule has 1 N–H and O–H groups in total. The zero-order chi connectivity index (χ0) is 18.7. The lowest BCUT2D eigenvalue weighted by Gasteiger charge is -2.10. The van der Waals surface area contributed by atoms with Gasteiger partial charge >= 0.3 is 0 Å². The molecule has 2 aromatic heterocycles. The molecule has 0 saturated heterocycles. The van der Waals surface area contributed by atoms with Crippen molar-refractivity contribution in [1.82, 2.24) is 19.7 Å². The lowest BCUT2D eigenvalue weighted by Crippen LogP contribution is -2.07. The Labute approximate surface area is 157 Å². The molecular weight excluding hydrogens is 354 g/mol. The normalized spacial score (nSPS) is 11.1. The summed E-state index contributed by atoms with van der Waals surface area (Å²) in [5.41, 5.74) is 3.40. The SMILES string of the molecule is CCCc1nn(C)c2c(NCc3ccc(OC)c(Cl)c3)nc(C[O])nc12. The second-order valence-electron chi connectivity index (χ2n) is 5.97. The minimum atomic E-state index is -0.473. The summed E-state index contributed by atoms with van der Waals surface area (Å²) in [6.07, 6.45) is 1.76. The molecule has 2 heterocycles. The number of rotatable bonds is 7. The molecule has 0 bridgehead atoms. The van der Waals surface area contributed by atoms with E-state index >= 15 is 0 Å². The van der Waals surface area contributed by atoms with E-state index in [1.807, 2.05) is 25.2 Å². The van der Waals surface area contributed by atoms with Crippen molar-refractivity contribution >= 4 is 28.5 Å². The van der Waals surface area contributed by atoms with Crippen LogP contribution in [-0.2, 0) is 31.7 Å². The zero-order valence-corrected chi connectivity index (χ0v) is 15.8. The number of methoxy groups -OCH3 is 1. The van der Waals surface area contributed by atoms with Gasteiger partial charge in [0.2, 0.25) is 0 Å². The number of hydrogen-bond acceptors (Lipinski definition) is 5. The summed E-state index contributed by atoms with van der Waals surface area (Å²) in [5.74, 6) is 1.49. The summed E-state index contributed by atoms with van der Waals surface area (Å²) in [5, 5.41) is 19.8. The fourth-order valence-electron chi connectivity index (χ4n) is 2.89. The number of anilines is 1. The van der Waals surface area contributed by atoms with E-state index in [0.717, 1.165) is 35.1 Å². The summed E-state index contributed by atoms with van der Waals surface area (Å²) in [6.45, 7) is 2.12. The molecule has 0 saturated carbocycles. The van der Waals surface area contributed by atoms with Crippen LogP contribution in [0.4, 0.5) is 5.82 Å². The van der Waals surface area contributed by atoms with Crippen LogP contribution >= 0.6 is 11.6 Å². The molecule has 8 heteroatoms. The van der Waals surface area contributed by atoms with Gasteiger partial charge in [-0.1, -0.05) is 31.0 Å². The van der Waals surface area contributed by atoms with Crippen LogP contribution in [0.5, 0.6) is 5.75 Å². The highest BCUT2D eigenvalue weighted by Gasteiger charge is 2.16. The lowest BCUT2D eigenvalue weighted by atomic mass is 10.2. The Hall–Kier alpha value is -2.38. The molecular formula is C18H21ClN5O2. The Balaban J connectivity index is 1.95. The summed E-state index contributed by atoms with van der Waals surface area (Å²) in [7, 11) is 3.44. The second-order valence-corrected chi connectivity index (χ2v) is 6.38. The third-order valence-corrected chi connectivity index (χ3v) is 4.39. The third-order valence-electron chi connectivity index (χ3n) is 4.09. The molecule has 3 rings (SSSR count). The topological polar surface area (TPSA) is 84.8 Å². The fourth-order valence-corrected chi connectivity index (χ4v) is 3.17. The number of fused-ring (bicyclic) bond motifs is 1. The van der Waals surface area contributed by atoms with Gasteiger partial charge in [-0.25, -0.2) is 15.1 Å². The number of aromatic nitrogens is 4. The van der Waals surface area contributed by atoms with Gasteiger partial charge in [0.1, 0.15) is 23.4 Å². The Kier molecular flexibility index (Phi) is 5.58. The van der Waals surface area contributed by atoms with Crippen LogP contribution in [0.2, 0.25) is 5.02 Å². The van der Waals surface area contributed by atoms with Crippen LogP contribution in [-0.4, -0.2) is 26.9 Å². The van der Waals surface area contributed by atoms with Crippen molar-refractivity contribution in [2.45, 2.75) is 32.9 Å². The maximum Gasteiger partial charge on any atom is 0.160 e. The highest BCUT2D eigenvalue weighted by Crippen LogP contribution is 2.27. The molecule has 137 valence electrons. The number of ether oxygens (including phenoxy) is 1. The fraction of sp³-hybridized carbons (Fsp3) is 0.389. The van der Waals surface area contributed by atoms with E-state index in [1.54, 1.807) is 11.8 Å². The van der Waals surface area contributed by atoms with Gasteiger partial charge in [-0.3, -0.25) is 4.68 Å². The standard InChI is InChI=1S/C18H21ClN5O2/c1-4-5-13-16-17(24(2)23-13)18(22-15(10-25)21-16)20-9-11-6-7-14(26-3)12(19)8-11/h6-8H,4-5,9-10H2,1-3H3,(H,20,21,22). The number of hydrogen-bond donors (Lipinski definition) is 1. The lowest BCUT2D eigenvalue weighted by molar-refractivity contribution is 0.170. The minimum absolute atomic E-state index is 0.262. The average molecular weight is 375 g/mol. The van der Waals surface area contributed by atoms with Gasteiger partial charge in [0.15, 0.2) is 11.6 Å². The van der Waals surface area contributed by atoms with Crippen molar-refractivity contribution in [3.05, 3.63) is 40.3 Å². The monoisotopic (exact) mass is 374 g/mol. The summed E-state index contributed by atoms with van der Waals surface area (Å²) in [6, 6.07) is 5.59. The van der Waals surface area contributed by atoms with Crippen molar-refractivity contribution in [2.75, 3.05) is 12.4 Å². The summed E-state index contributed by atoms with van der Waals surface area (Å²) < 4.78 is 6.93. The molecule has 0 unspecified atom stereocenters. The van der Waals surface area contributed by atoms with E-state index in [0.29, 0.717) is 23.1 Å². The van der Waals surface area contributed by atoms with E-state index in [4.69, 9.17) is 16.3 Å². The Morgan fingerprint density at radius 2 is 2.12 bits per heavy atom. The van der Waals surface area contributed by atoms with Gasteiger partial charge in [0, 0.05) is 13.6 Å². The molecule has 26 heavy (non-hydrogen) atoms. The molecule has 0 atom stereocenters. The zero-order valence-electron chi connectivity index (χ0n) is 15.0. The average Bonchev–Trinajstić information content (AvgIpc) is 2.96. The van der Waals surface area contributed by atoms with Crippen LogP contribution in [0, 0.1) is 0 Å². The maximum atomic E-state index is 11.4. The van der Waals surface area contributed by atoms with E-state index < -0.39 is 6.61 Å². The van der Waals surface area contributed by atoms with Crippen LogP contribution in [0.3, 0.4) is 0 Å². The smallest absolute Gasteiger partial charge is 0.160 e. The molecule has 0 spiro atoms. The van der Waals surface area contributed by atoms with Crippen molar-refractivity contribution in [3.63, 3.8) is 0 Å². The Morgan fingerprint density at radius 1 is 1.31 bits per heavy atom. The molecule has 0 aliphatic heterocycles. The van der Waals surface area contributed by atoms with Crippen molar-refractivity contribution < 1.29 is 9.84 Å². The van der Waals surface area contributed by atoms with Crippen molar-refractivity contribution in [2.24, 2.45) is 7.05 Å². The Bertz CT molecular complexity index is 926. The first-order valence-corrected chi connectivity index (χ1v) is 8.82. The molecule has 1 radical (unpaired) electrons. The first-order valence-electron chi connectivity index (χ1n) is 8.44. The predicted molar refractivity (Wildman–Crippen MR) is 100 cm³/mol. The van der Waals surface area contributed by atoms with Crippen LogP contribution in [0.25, 0.3) is 11.0 Å². The van der Waals surface area contributed by atoms with Gasteiger partial charge in [-0.15, -0.1) is 0 Å². The summed E-state index contributed by atoms with van der Waals surface area (Å²) in [4.78, 5) is 8.77. The Morgan fingerprint density at radius 3 is 2.77 bits per heavy atom. The highest BCUT2D eigenvalue weighted by atomic mass is 35.5. The molecule has 3 aromatic rings. The quantitative estimate of drug-likeness (QED) is 0.683. The van der Waals surface area contributed by atoms with E-state index in [1.165, 1.54) is 0 Å². The van der Waals surface area contributed by atoms with Gasteiger partial charge in [0.25, 0.3) is 0 Å². The number of nitrogens with zero attached hydrogens (tertiary/aromatic N) is 4. The van der Waals surface area contributed by atoms with Gasteiger partial charge < -0.3 is 10.1 Å². The largest absolute Gasteiger partial charge is 0.495 e. The van der Waals surface area contributed by atoms with E-state index in [-0.39, 0.29) is 5.82 Å². The van der Waals surface area contributed by atoms with E-state index in [9.17, 15) is 5.11 Å². The molecule has 0 aliphatic carbocycles. The first-order chi connectivity index (χ1) is 12.6.